The Kier molecular flexibility index (Phi) is 6.30. The van der Waals surface area contributed by atoms with Crippen molar-refractivity contribution in [2.45, 2.75) is 25.9 Å². The number of fused-ring (bicyclic) bond motifs is 1. The van der Waals surface area contributed by atoms with Gasteiger partial charge in [-0.1, -0.05) is 6.92 Å². The van der Waals surface area contributed by atoms with E-state index in [1.165, 1.54) is 0 Å². The van der Waals surface area contributed by atoms with E-state index in [1.807, 2.05) is 31.3 Å². The number of aryl methyl sites for hydroxylation is 1. The van der Waals surface area contributed by atoms with E-state index < -0.39 is 0 Å². The van der Waals surface area contributed by atoms with Crippen LogP contribution >= 0.6 is 0 Å². The first-order chi connectivity index (χ1) is 16.6. The van der Waals surface area contributed by atoms with Gasteiger partial charge in [0.15, 0.2) is 0 Å². The van der Waals surface area contributed by atoms with Crippen LogP contribution in [0.3, 0.4) is 0 Å². The maximum atomic E-state index is 12.3. The van der Waals surface area contributed by atoms with E-state index in [0.29, 0.717) is 24.1 Å². The molecule has 0 radical (unpaired) electrons. The van der Waals surface area contributed by atoms with Crippen LogP contribution in [0, 0.1) is 5.92 Å². The van der Waals surface area contributed by atoms with Gasteiger partial charge in [-0.15, -0.1) is 0 Å². The molecule has 2 saturated heterocycles. The zero-order chi connectivity index (χ0) is 23.7. The molecule has 0 aliphatic carbocycles. The van der Waals surface area contributed by atoms with E-state index in [4.69, 9.17) is 4.74 Å². The molecular weight excluding hydrogens is 432 g/mol. The largest absolute Gasteiger partial charge is 0.381 e. The molecule has 5 rings (SSSR count). The fourth-order valence-electron chi connectivity index (χ4n) is 4.79. The van der Waals surface area contributed by atoms with Crippen LogP contribution in [-0.4, -0.2) is 71.7 Å². The number of hydrogen-bond acceptors (Lipinski definition) is 7. The van der Waals surface area contributed by atoms with Gasteiger partial charge in [-0.25, -0.2) is 4.98 Å². The zero-order valence-corrected chi connectivity index (χ0v) is 19.6. The van der Waals surface area contributed by atoms with Gasteiger partial charge in [-0.3, -0.25) is 19.5 Å². The molecule has 34 heavy (non-hydrogen) atoms. The number of carbonyl (C=O) groups excluding carboxylic acids is 1. The molecule has 2 aliphatic heterocycles. The minimum absolute atomic E-state index is 0.0388. The third-order valence-electron chi connectivity index (χ3n) is 6.91. The fraction of sp³-hybridized carbons (Fsp3) is 0.440. The summed E-state index contributed by atoms with van der Waals surface area (Å²) in [5.74, 6) is 0.290. The number of ether oxygens (including phenoxy) is 1. The Morgan fingerprint density at radius 3 is 2.74 bits per heavy atom. The summed E-state index contributed by atoms with van der Waals surface area (Å²) in [5.41, 5.74) is 4.85. The van der Waals surface area contributed by atoms with Gasteiger partial charge in [0.25, 0.3) is 11.5 Å². The van der Waals surface area contributed by atoms with Gasteiger partial charge in [0, 0.05) is 56.9 Å². The highest BCUT2D eigenvalue weighted by molar-refractivity contribution is 5.92. The van der Waals surface area contributed by atoms with Crippen LogP contribution in [0.2, 0.25) is 0 Å². The molecule has 3 aromatic rings. The van der Waals surface area contributed by atoms with Crippen molar-refractivity contribution in [2.75, 3.05) is 44.8 Å². The summed E-state index contributed by atoms with van der Waals surface area (Å²) in [5, 5.41) is 2.61. The second-order valence-corrected chi connectivity index (χ2v) is 9.02. The highest BCUT2D eigenvalue weighted by Gasteiger charge is 2.37. The van der Waals surface area contributed by atoms with E-state index in [9.17, 15) is 9.59 Å². The van der Waals surface area contributed by atoms with Gasteiger partial charge >= 0.3 is 0 Å². The van der Waals surface area contributed by atoms with Gasteiger partial charge in [-0.05, 0) is 36.2 Å². The van der Waals surface area contributed by atoms with Crippen LogP contribution in [-0.2, 0) is 17.7 Å². The molecule has 5 heterocycles. The van der Waals surface area contributed by atoms with Gasteiger partial charge in [0.2, 0.25) is 0 Å². The Morgan fingerprint density at radius 1 is 1.21 bits per heavy atom. The maximum absolute atomic E-state index is 12.3. The molecule has 1 atom stereocenters. The van der Waals surface area contributed by atoms with Crippen LogP contribution in [0.5, 0.6) is 0 Å². The smallest absolute Gasteiger partial charge is 0.269 e. The molecular formula is C25H30N6O3. The van der Waals surface area contributed by atoms with Crippen LogP contribution in [0.25, 0.3) is 11.0 Å². The minimum Gasteiger partial charge on any atom is -0.381 e. The lowest BCUT2D eigenvalue weighted by Gasteiger charge is -2.47. The molecule has 2 aliphatic rings. The number of rotatable bonds is 6. The van der Waals surface area contributed by atoms with Crippen molar-refractivity contribution in [2.24, 2.45) is 5.92 Å². The Morgan fingerprint density at radius 2 is 2.06 bits per heavy atom. The number of carbonyl (C=O) groups is 1. The average Bonchev–Trinajstić information content (AvgIpc) is 2.83. The van der Waals surface area contributed by atoms with Crippen LogP contribution < -0.4 is 15.8 Å². The number of aromatic nitrogens is 3. The highest BCUT2D eigenvalue weighted by Crippen LogP contribution is 2.28. The first kappa shape index (κ1) is 22.5. The molecule has 2 fully saturated rings. The number of nitrogens with one attached hydrogen (secondary N) is 2. The Labute approximate surface area is 198 Å². The number of piperazine rings is 1. The summed E-state index contributed by atoms with van der Waals surface area (Å²) in [6, 6.07) is 8.00. The number of H-pyrrole nitrogens is 1. The molecule has 2 N–H and O–H groups in total. The van der Waals surface area contributed by atoms with E-state index in [-0.39, 0.29) is 11.5 Å². The highest BCUT2D eigenvalue weighted by atomic mass is 16.5. The quantitative estimate of drug-likeness (QED) is 0.573. The van der Waals surface area contributed by atoms with Crippen molar-refractivity contribution in [1.82, 2.24) is 25.2 Å². The summed E-state index contributed by atoms with van der Waals surface area (Å²) in [4.78, 5) is 40.8. The third-order valence-corrected chi connectivity index (χ3v) is 6.91. The normalized spacial score (nSPS) is 19.2. The molecule has 0 saturated carbocycles. The predicted molar refractivity (Wildman–Crippen MR) is 130 cm³/mol. The lowest BCUT2D eigenvalue weighted by Crippen LogP contribution is -2.59. The van der Waals surface area contributed by atoms with Crippen molar-refractivity contribution < 1.29 is 9.53 Å². The van der Waals surface area contributed by atoms with Gasteiger partial charge in [0.1, 0.15) is 5.69 Å². The molecule has 0 bridgehead atoms. The predicted octanol–water partition coefficient (Wildman–Crippen LogP) is 1.58. The molecule has 1 unspecified atom stereocenters. The molecule has 3 aromatic heterocycles. The Hall–Kier alpha value is -3.30. The number of anilines is 1. The first-order valence-corrected chi connectivity index (χ1v) is 11.8. The summed E-state index contributed by atoms with van der Waals surface area (Å²) in [7, 11) is 1.60. The second-order valence-electron chi connectivity index (χ2n) is 9.02. The standard InChI is InChI=1S/C25H30N6O3/c1-3-17-9-21-22(29-24(17)32)8-16(10-27-21)12-31-7-6-30(13-23(31)18-14-34-15-18)19-4-5-20(28-11-19)25(33)26-2/h4-5,8-11,18,23H,3,6-7,12-15H2,1-2H3,(H,26,33)(H,29,32). The molecule has 9 heteroatoms. The van der Waals surface area contributed by atoms with E-state index >= 15 is 0 Å². The monoisotopic (exact) mass is 462 g/mol. The number of hydrogen-bond donors (Lipinski definition) is 2. The molecule has 0 spiro atoms. The SMILES string of the molecule is CCc1cc2ncc(CN3CCN(c4ccc(C(=O)NC)nc4)CC3C3COC3)cc2[nH]c1=O. The van der Waals surface area contributed by atoms with Crippen LogP contribution in [0.15, 0.2) is 41.5 Å². The van der Waals surface area contributed by atoms with Crippen molar-refractivity contribution in [3.8, 4) is 0 Å². The summed E-state index contributed by atoms with van der Waals surface area (Å²) < 4.78 is 5.52. The average molecular weight is 463 g/mol. The Balaban J connectivity index is 1.33. The van der Waals surface area contributed by atoms with Crippen LogP contribution in [0.4, 0.5) is 5.69 Å². The number of nitrogens with zero attached hydrogens (tertiary/aromatic N) is 4. The Bertz CT molecular complexity index is 1240. The van der Waals surface area contributed by atoms with Crippen molar-refractivity contribution in [3.63, 3.8) is 0 Å². The topological polar surface area (TPSA) is 103 Å². The number of amides is 1. The molecule has 1 amide bonds. The lowest BCUT2D eigenvalue weighted by molar-refractivity contribution is -0.0779. The summed E-state index contributed by atoms with van der Waals surface area (Å²) in [6.07, 6.45) is 4.39. The maximum Gasteiger partial charge on any atom is 0.269 e. The molecule has 9 nitrogen and oxygen atoms in total. The van der Waals surface area contributed by atoms with Crippen molar-refractivity contribution in [3.05, 3.63) is 63.8 Å². The van der Waals surface area contributed by atoms with Gasteiger partial charge in [0.05, 0.1) is 36.1 Å². The number of aromatic amines is 1. The third kappa shape index (κ3) is 4.41. The summed E-state index contributed by atoms with van der Waals surface area (Å²) in [6.45, 7) is 6.90. The van der Waals surface area contributed by atoms with Gasteiger partial charge < -0.3 is 19.9 Å². The minimum atomic E-state index is -0.183. The van der Waals surface area contributed by atoms with Gasteiger partial charge in [-0.2, -0.15) is 0 Å². The zero-order valence-electron chi connectivity index (χ0n) is 19.6. The molecule has 178 valence electrons. The lowest BCUT2D eigenvalue weighted by atomic mass is 9.93. The van der Waals surface area contributed by atoms with Crippen LogP contribution in [0.1, 0.15) is 28.5 Å². The van der Waals surface area contributed by atoms with E-state index in [2.05, 4.69) is 30.1 Å². The first-order valence-electron chi connectivity index (χ1n) is 11.8. The van der Waals surface area contributed by atoms with E-state index in [1.54, 1.807) is 19.3 Å². The van der Waals surface area contributed by atoms with E-state index in [0.717, 1.165) is 67.2 Å². The summed E-state index contributed by atoms with van der Waals surface area (Å²) >= 11 is 0. The van der Waals surface area contributed by atoms with Crippen molar-refractivity contribution >= 4 is 22.6 Å². The fourth-order valence-corrected chi connectivity index (χ4v) is 4.79. The second kappa shape index (κ2) is 9.52. The van der Waals surface area contributed by atoms with Crippen molar-refractivity contribution in [1.29, 1.82) is 0 Å². The number of pyridine rings is 3. The molecule has 0 aromatic carbocycles.